The van der Waals surface area contributed by atoms with Crippen LogP contribution in [0.2, 0.25) is 5.02 Å². The molecule has 0 aliphatic heterocycles. The molecule has 3 N–H and O–H groups in total. The Bertz CT molecular complexity index is 403. The van der Waals surface area contributed by atoms with Crippen LogP contribution in [0.5, 0.6) is 0 Å². The molecule has 0 aromatic heterocycles. The molecule has 18 heavy (non-hydrogen) atoms. The van der Waals surface area contributed by atoms with E-state index in [9.17, 15) is 0 Å². The highest BCUT2D eigenvalue weighted by molar-refractivity contribution is 6.30. The largest absolute Gasteiger partial charge is 0.329 e. The summed E-state index contributed by atoms with van der Waals surface area (Å²) in [5.41, 5.74) is 7.55. The van der Waals surface area contributed by atoms with Crippen LogP contribution in [-0.2, 0) is 0 Å². The van der Waals surface area contributed by atoms with E-state index in [2.05, 4.69) is 25.2 Å². The van der Waals surface area contributed by atoms with Crippen LogP contribution in [0, 0.1) is 5.41 Å². The second kappa shape index (κ2) is 5.60. The lowest BCUT2D eigenvalue weighted by molar-refractivity contribution is 0.353. The quantitative estimate of drug-likeness (QED) is 0.875. The summed E-state index contributed by atoms with van der Waals surface area (Å²) in [6.45, 7) is 5.29. The van der Waals surface area contributed by atoms with Gasteiger partial charge in [0.05, 0.1) is 0 Å². The molecule has 0 saturated heterocycles. The van der Waals surface area contributed by atoms with Gasteiger partial charge >= 0.3 is 0 Å². The first kappa shape index (κ1) is 13.9. The molecule has 0 heterocycles. The first-order valence-electron chi connectivity index (χ1n) is 6.72. The normalized spacial score (nSPS) is 24.1. The monoisotopic (exact) mass is 266 g/mol. The standard InChI is InChI=1S/C15H23ClN2/c1-15(2)7-6-13(9-15)18-14(10-17)11-4-3-5-12(16)8-11/h3-5,8,13-14,18H,6-7,9-10,17H2,1-2H3. The Kier molecular flexibility index (Phi) is 4.31. The maximum absolute atomic E-state index is 6.04. The van der Waals surface area contributed by atoms with Gasteiger partial charge in [0.25, 0.3) is 0 Å². The Hall–Kier alpha value is -0.570. The van der Waals surface area contributed by atoms with Gasteiger partial charge in [-0.05, 0) is 42.4 Å². The number of nitrogens with one attached hydrogen (secondary N) is 1. The molecule has 2 unspecified atom stereocenters. The van der Waals surface area contributed by atoms with E-state index in [0.717, 1.165) is 5.02 Å². The maximum atomic E-state index is 6.04. The second-order valence-electron chi connectivity index (χ2n) is 6.11. The molecule has 2 nitrogen and oxygen atoms in total. The molecule has 0 radical (unpaired) electrons. The van der Waals surface area contributed by atoms with Gasteiger partial charge < -0.3 is 11.1 Å². The van der Waals surface area contributed by atoms with Crippen molar-refractivity contribution in [3.63, 3.8) is 0 Å². The minimum absolute atomic E-state index is 0.211. The molecule has 0 bridgehead atoms. The Labute approximate surface area is 115 Å². The van der Waals surface area contributed by atoms with Gasteiger partial charge in [-0.15, -0.1) is 0 Å². The molecule has 3 heteroatoms. The number of rotatable bonds is 4. The van der Waals surface area contributed by atoms with Gasteiger partial charge in [-0.3, -0.25) is 0 Å². The summed E-state index contributed by atoms with van der Waals surface area (Å²) in [6, 6.07) is 8.77. The Morgan fingerprint density at radius 3 is 2.83 bits per heavy atom. The number of benzene rings is 1. The fourth-order valence-electron chi connectivity index (χ4n) is 2.89. The molecule has 100 valence electrons. The van der Waals surface area contributed by atoms with Crippen molar-refractivity contribution in [3.05, 3.63) is 34.9 Å². The zero-order chi connectivity index (χ0) is 13.2. The number of hydrogen-bond acceptors (Lipinski definition) is 2. The average molecular weight is 267 g/mol. The summed E-state index contributed by atoms with van der Waals surface area (Å²) in [6.07, 6.45) is 3.76. The molecule has 1 aromatic rings. The van der Waals surface area contributed by atoms with E-state index in [0.29, 0.717) is 18.0 Å². The van der Waals surface area contributed by atoms with Crippen molar-refractivity contribution in [2.45, 2.75) is 45.2 Å². The van der Waals surface area contributed by atoms with E-state index in [4.69, 9.17) is 17.3 Å². The summed E-state index contributed by atoms with van der Waals surface area (Å²) in [4.78, 5) is 0. The predicted molar refractivity (Wildman–Crippen MR) is 77.8 cm³/mol. The summed E-state index contributed by atoms with van der Waals surface area (Å²) in [7, 11) is 0. The van der Waals surface area contributed by atoms with E-state index >= 15 is 0 Å². The van der Waals surface area contributed by atoms with Crippen LogP contribution in [-0.4, -0.2) is 12.6 Å². The highest BCUT2D eigenvalue weighted by atomic mass is 35.5. The molecular formula is C15H23ClN2. The topological polar surface area (TPSA) is 38.0 Å². The van der Waals surface area contributed by atoms with E-state index in [1.165, 1.54) is 24.8 Å². The van der Waals surface area contributed by atoms with Crippen molar-refractivity contribution < 1.29 is 0 Å². The zero-order valence-electron chi connectivity index (χ0n) is 11.2. The third kappa shape index (κ3) is 3.47. The Morgan fingerprint density at radius 1 is 1.50 bits per heavy atom. The van der Waals surface area contributed by atoms with Gasteiger partial charge in [0, 0.05) is 23.7 Å². The molecule has 1 aromatic carbocycles. The molecule has 1 fully saturated rings. The Balaban J connectivity index is 2.02. The van der Waals surface area contributed by atoms with Gasteiger partial charge in [0.1, 0.15) is 0 Å². The first-order valence-corrected chi connectivity index (χ1v) is 7.09. The van der Waals surface area contributed by atoms with E-state index < -0.39 is 0 Å². The molecular weight excluding hydrogens is 244 g/mol. The van der Waals surface area contributed by atoms with E-state index in [-0.39, 0.29) is 6.04 Å². The fourth-order valence-corrected chi connectivity index (χ4v) is 3.09. The number of halogens is 1. The lowest BCUT2D eigenvalue weighted by Gasteiger charge is -2.24. The van der Waals surface area contributed by atoms with Crippen LogP contribution in [0.25, 0.3) is 0 Å². The first-order chi connectivity index (χ1) is 8.50. The summed E-state index contributed by atoms with van der Waals surface area (Å²) in [5.74, 6) is 0. The van der Waals surface area contributed by atoms with Crippen molar-refractivity contribution in [1.82, 2.24) is 5.32 Å². The van der Waals surface area contributed by atoms with E-state index in [1.54, 1.807) is 0 Å². The molecule has 2 rings (SSSR count). The van der Waals surface area contributed by atoms with Crippen LogP contribution in [0.1, 0.15) is 44.7 Å². The minimum Gasteiger partial charge on any atom is -0.329 e. The fraction of sp³-hybridized carbons (Fsp3) is 0.600. The number of hydrogen-bond donors (Lipinski definition) is 2. The summed E-state index contributed by atoms with van der Waals surface area (Å²) in [5, 5.41) is 4.46. The SMILES string of the molecule is CC1(C)CCC(NC(CN)c2cccc(Cl)c2)C1. The molecule has 0 spiro atoms. The van der Waals surface area contributed by atoms with Crippen LogP contribution in [0.4, 0.5) is 0 Å². The van der Waals surface area contributed by atoms with Crippen molar-refractivity contribution in [3.8, 4) is 0 Å². The molecule has 1 aliphatic carbocycles. The summed E-state index contributed by atoms with van der Waals surface area (Å²) < 4.78 is 0. The maximum Gasteiger partial charge on any atom is 0.0447 e. The van der Waals surface area contributed by atoms with Crippen molar-refractivity contribution in [2.75, 3.05) is 6.54 Å². The third-order valence-corrected chi connectivity index (χ3v) is 4.13. The predicted octanol–water partition coefficient (Wildman–Crippen LogP) is 3.51. The smallest absolute Gasteiger partial charge is 0.0447 e. The van der Waals surface area contributed by atoms with Crippen molar-refractivity contribution in [2.24, 2.45) is 11.1 Å². The van der Waals surface area contributed by atoms with Crippen molar-refractivity contribution >= 4 is 11.6 Å². The van der Waals surface area contributed by atoms with Gasteiger partial charge in [0.2, 0.25) is 0 Å². The second-order valence-corrected chi connectivity index (χ2v) is 6.55. The molecule has 1 saturated carbocycles. The van der Waals surface area contributed by atoms with Gasteiger partial charge in [-0.25, -0.2) is 0 Å². The van der Waals surface area contributed by atoms with Crippen molar-refractivity contribution in [1.29, 1.82) is 0 Å². The third-order valence-electron chi connectivity index (χ3n) is 3.89. The van der Waals surface area contributed by atoms with Crippen LogP contribution in [0.15, 0.2) is 24.3 Å². The Morgan fingerprint density at radius 2 is 2.28 bits per heavy atom. The van der Waals surface area contributed by atoms with E-state index in [1.807, 2.05) is 18.2 Å². The van der Waals surface area contributed by atoms with Gasteiger partial charge in [-0.1, -0.05) is 37.6 Å². The molecule has 1 aliphatic rings. The highest BCUT2D eigenvalue weighted by Crippen LogP contribution is 2.37. The lowest BCUT2D eigenvalue weighted by atomic mass is 9.91. The molecule has 2 atom stereocenters. The average Bonchev–Trinajstić information content (AvgIpc) is 2.65. The zero-order valence-corrected chi connectivity index (χ0v) is 12.0. The minimum atomic E-state index is 0.211. The van der Waals surface area contributed by atoms with Crippen LogP contribution in [0.3, 0.4) is 0 Å². The number of nitrogens with two attached hydrogens (primary N) is 1. The van der Waals surface area contributed by atoms with Crippen LogP contribution < -0.4 is 11.1 Å². The summed E-state index contributed by atoms with van der Waals surface area (Å²) >= 11 is 6.04. The molecule has 0 amide bonds. The van der Waals surface area contributed by atoms with Crippen LogP contribution >= 0.6 is 11.6 Å². The van der Waals surface area contributed by atoms with Gasteiger partial charge in [-0.2, -0.15) is 0 Å². The van der Waals surface area contributed by atoms with Gasteiger partial charge in [0.15, 0.2) is 0 Å². The lowest BCUT2D eigenvalue weighted by Crippen LogP contribution is -2.35. The highest BCUT2D eigenvalue weighted by Gasteiger charge is 2.31.